The minimum Gasteiger partial charge on any atom is -0.322 e. The molecular formula is C29H35N7O. The Balaban J connectivity index is 1.34. The number of piperazine rings is 1. The lowest BCUT2D eigenvalue weighted by atomic mass is 9.95. The SMILES string of the molecule is Cc1ccc2cc([C@H](c3nnnn3C3CCCCC3)N3CCN(Cc4ccccc4)CC3)c(=O)[nH]c2c1. The molecule has 0 unspecified atom stereocenters. The molecule has 1 N–H and O–H groups in total. The van der Waals surface area contributed by atoms with E-state index in [1.807, 2.05) is 17.7 Å². The third-order valence-corrected chi connectivity index (χ3v) is 8.03. The van der Waals surface area contributed by atoms with Crippen molar-refractivity contribution < 1.29 is 0 Å². The lowest BCUT2D eigenvalue weighted by Crippen LogP contribution is -2.48. The van der Waals surface area contributed by atoms with Gasteiger partial charge in [0.05, 0.1) is 6.04 Å². The molecule has 0 bridgehead atoms. The standard InChI is InChI=1S/C29H35N7O/c1-21-12-13-23-19-25(29(37)30-26(23)18-21)27(28-31-32-33-36(28)24-10-6-3-7-11-24)35-16-14-34(15-17-35)20-22-8-4-2-5-9-22/h2,4-5,8-9,12-13,18-19,24,27H,3,6-7,10-11,14-17,20H2,1H3,(H,30,37)/t27-/m1/s1. The number of nitrogens with zero attached hydrogens (tertiary/aromatic N) is 6. The van der Waals surface area contributed by atoms with Gasteiger partial charge in [-0.15, -0.1) is 5.10 Å². The Morgan fingerprint density at radius 1 is 0.973 bits per heavy atom. The van der Waals surface area contributed by atoms with Crippen LogP contribution in [0.3, 0.4) is 0 Å². The second-order valence-corrected chi connectivity index (χ2v) is 10.6. The highest BCUT2D eigenvalue weighted by Gasteiger charge is 2.34. The van der Waals surface area contributed by atoms with Crippen molar-refractivity contribution in [2.45, 2.75) is 57.7 Å². The predicted molar refractivity (Wildman–Crippen MR) is 144 cm³/mol. The average Bonchev–Trinajstić information content (AvgIpc) is 3.41. The minimum atomic E-state index is -0.287. The molecule has 3 heterocycles. The van der Waals surface area contributed by atoms with Crippen LogP contribution in [0.1, 0.15) is 66.7 Å². The third-order valence-electron chi connectivity index (χ3n) is 8.03. The minimum absolute atomic E-state index is 0.0620. The summed E-state index contributed by atoms with van der Waals surface area (Å²) in [6.07, 6.45) is 5.84. The summed E-state index contributed by atoms with van der Waals surface area (Å²) >= 11 is 0. The molecule has 2 aliphatic rings. The molecule has 192 valence electrons. The highest BCUT2D eigenvalue weighted by molar-refractivity contribution is 5.79. The number of pyridine rings is 1. The molecule has 1 aliphatic heterocycles. The first-order valence-electron chi connectivity index (χ1n) is 13.6. The van der Waals surface area contributed by atoms with Gasteiger partial charge in [0.1, 0.15) is 6.04 Å². The molecule has 1 atom stereocenters. The van der Waals surface area contributed by atoms with E-state index in [1.165, 1.54) is 24.8 Å². The first-order valence-corrected chi connectivity index (χ1v) is 13.6. The Hall–Kier alpha value is -3.36. The fraction of sp³-hybridized carbons (Fsp3) is 0.448. The van der Waals surface area contributed by atoms with E-state index in [0.29, 0.717) is 6.04 Å². The largest absolute Gasteiger partial charge is 0.322 e. The molecule has 2 aromatic carbocycles. The number of aromatic nitrogens is 5. The zero-order valence-electron chi connectivity index (χ0n) is 21.5. The maximum absolute atomic E-state index is 13.5. The molecule has 1 saturated carbocycles. The quantitative estimate of drug-likeness (QED) is 0.429. The van der Waals surface area contributed by atoms with Gasteiger partial charge >= 0.3 is 0 Å². The Labute approximate surface area is 217 Å². The van der Waals surface area contributed by atoms with Gasteiger partial charge in [0, 0.05) is 43.8 Å². The molecule has 6 rings (SSSR count). The highest BCUT2D eigenvalue weighted by atomic mass is 16.1. The van der Waals surface area contributed by atoms with Crippen molar-refractivity contribution in [2.75, 3.05) is 26.2 Å². The molecule has 0 radical (unpaired) electrons. The van der Waals surface area contributed by atoms with Gasteiger partial charge in [-0.2, -0.15) is 0 Å². The fourth-order valence-corrected chi connectivity index (χ4v) is 6.02. The average molecular weight is 498 g/mol. The van der Waals surface area contributed by atoms with E-state index in [9.17, 15) is 4.79 Å². The Morgan fingerprint density at radius 2 is 1.76 bits per heavy atom. The zero-order chi connectivity index (χ0) is 25.2. The summed E-state index contributed by atoms with van der Waals surface area (Å²) in [7, 11) is 0. The molecule has 8 heteroatoms. The van der Waals surface area contributed by atoms with Crippen molar-refractivity contribution in [1.29, 1.82) is 0 Å². The van der Waals surface area contributed by atoms with Gasteiger partial charge in [0.15, 0.2) is 5.82 Å². The van der Waals surface area contributed by atoms with Crippen LogP contribution in [0.4, 0.5) is 0 Å². The van der Waals surface area contributed by atoms with Crippen molar-refractivity contribution in [1.82, 2.24) is 35.0 Å². The number of aryl methyl sites for hydroxylation is 1. The Kier molecular flexibility index (Phi) is 6.85. The van der Waals surface area contributed by atoms with Crippen LogP contribution < -0.4 is 5.56 Å². The van der Waals surface area contributed by atoms with E-state index >= 15 is 0 Å². The van der Waals surface area contributed by atoms with Gasteiger partial charge < -0.3 is 4.98 Å². The van der Waals surface area contributed by atoms with Crippen LogP contribution in [-0.4, -0.2) is 61.2 Å². The number of fused-ring (bicyclic) bond motifs is 1. The zero-order valence-corrected chi connectivity index (χ0v) is 21.5. The molecule has 1 aliphatic carbocycles. The topological polar surface area (TPSA) is 82.9 Å². The number of rotatable bonds is 6. The highest BCUT2D eigenvalue weighted by Crippen LogP contribution is 2.33. The van der Waals surface area contributed by atoms with E-state index in [1.54, 1.807) is 0 Å². The first-order chi connectivity index (χ1) is 18.2. The van der Waals surface area contributed by atoms with Gasteiger partial charge in [-0.25, -0.2) is 4.68 Å². The molecule has 0 amide bonds. The number of aromatic amines is 1. The smallest absolute Gasteiger partial charge is 0.253 e. The van der Waals surface area contributed by atoms with Crippen molar-refractivity contribution in [2.24, 2.45) is 0 Å². The first kappa shape index (κ1) is 24.0. The molecule has 0 spiro atoms. The number of benzene rings is 2. The molecule has 2 aromatic heterocycles. The maximum Gasteiger partial charge on any atom is 0.253 e. The predicted octanol–water partition coefficient (Wildman–Crippen LogP) is 4.24. The van der Waals surface area contributed by atoms with E-state index in [2.05, 4.69) is 78.8 Å². The second-order valence-electron chi connectivity index (χ2n) is 10.6. The molecule has 2 fully saturated rings. The number of H-pyrrole nitrogens is 1. The summed E-state index contributed by atoms with van der Waals surface area (Å²) in [5.41, 5.74) is 3.98. The van der Waals surface area contributed by atoms with Crippen LogP contribution >= 0.6 is 0 Å². The molecular weight excluding hydrogens is 462 g/mol. The van der Waals surface area contributed by atoms with Crippen LogP contribution in [0.15, 0.2) is 59.4 Å². The van der Waals surface area contributed by atoms with Gasteiger partial charge in [0.25, 0.3) is 5.56 Å². The lowest BCUT2D eigenvalue weighted by molar-refractivity contribution is 0.0982. The van der Waals surface area contributed by atoms with E-state index < -0.39 is 0 Å². The van der Waals surface area contributed by atoms with Crippen LogP contribution in [0.2, 0.25) is 0 Å². The number of hydrogen-bond donors (Lipinski definition) is 1. The Morgan fingerprint density at radius 3 is 2.54 bits per heavy atom. The van der Waals surface area contributed by atoms with Gasteiger partial charge in [-0.1, -0.05) is 61.7 Å². The summed E-state index contributed by atoms with van der Waals surface area (Å²) in [6.45, 7) is 6.54. The van der Waals surface area contributed by atoms with Crippen LogP contribution in [0.5, 0.6) is 0 Å². The molecule has 1 saturated heterocycles. The summed E-state index contributed by atoms with van der Waals surface area (Å²) < 4.78 is 2.03. The van der Waals surface area contributed by atoms with Crippen molar-refractivity contribution >= 4 is 10.9 Å². The normalized spacial score (nSPS) is 18.8. The monoisotopic (exact) mass is 497 g/mol. The van der Waals surface area contributed by atoms with E-state index in [4.69, 9.17) is 0 Å². The van der Waals surface area contributed by atoms with Crippen molar-refractivity contribution in [3.8, 4) is 0 Å². The Bertz CT molecular complexity index is 1400. The van der Waals surface area contributed by atoms with Gasteiger partial charge in [-0.05, 0) is 58.8 Å². The van der Waals surface area contributed by atoms with E-state index in [-0.39, 0.29) is 11.6 Å². The molecule has 37 heavy (non-hydrogen) atoms. The second kappa shape index (κ2) is 10.6. The summed E-state index contributed by atoms with van der Waals surface area (Å²) in [6, 6.07) is 18.9. The summed E-state index contributed by atoms with van der Waals surface area (Å²) in [5, 5.41) is 14.2. The van der Waals surface area contributed by atoms with Crippen molar-refractivity contribution in [3.63, 3.8) is 0 Å². The van der Waals surface area contributed by atoms with E-state index in [0.717, 1.165) is 73.4 Å². The third kappa shape index (κ3) is 5.08. The van der Waals surface area contributed by atoms with Crippen LogP contribution in [0, 0.1) is 6.92 Å². The summed E-state index contributed by atoms with van der Waals surface area (Å²) in [5.74, 6) is 0.792. The summed E-state index contributed by atoms with van der Waals surface area (Å²) in [4.78, 5) is 21.6. The number of tetrazole rings is 1. The maximum atomic E-state index is 13.5. The van der Waals surface area contributed by atoms with Gasteiger partial charge in [0.2, 0.25) is 0 Å². The van der Waals surface area contributed by atoms with Gasteiger partial charge in [-0.3, -0.25) is 14.6 Å². The fourth-order valence-electron chi connectivity index (χ4n) is 6.02. The molecule has 4 aromatic rings. The van der Waals surface area contributed by atoms with Crippen LogP contribution in [0.25, 0.3) is 10.9 Å². The lowest BCUT2D eigenvalue weighted by Gasteiger charge is -2.39. The number of nitrogens with one attached hydrogen (secondary N) is 1. The number of hydrogen-bond acceptors (Lipinski definition) is 6. The van der Waals surface area contributed by atoms with Crippen molar-refractivity contribution in [3.05, 3.63) is 87.5 Å². The molecule has 8 nitrogen and oxygen atoms in total. The van der Waals surface area contributed by atoms with Crippen LogP contribution in [-0.2, 0) is 6.54 Å².